The first-order valence-corrected chi connectivity index (χ1v) is 35.8. The molecule has 0 aliphatic carbocycles. The van der Waals surface area contributed by atoms with Crippen molar-refractivity contribution in [1.29, 1.82) is 0 Å². The summed E-state index contributed by atoms with van der Waals surface area (Å²) in [4.78, 5) is 30.4. The predicted octanol–water partition coefficient (Wildman–Crippen LogP) is 25.7. The van der Waals surface area contributed by atoms with E-state index >= 15 is 0 Å². The number of hydrogen-bond acceptors (Lipinski definition) is 10. The van der Waals surface area contributed by atoms with Gasteiger partial charge in [0.15, 0.2) is 34.9 Å². The molecule has 0 radical (unpaired) electrons. The summed E-state index contributed by atoms with van der Waals surface area (Å²) in [7, 11) is 0. The van der Waals surface area contributed by atoms with Gasteiger partial charge in [-0.25, -0.2) is 29.9 Å². The molecule has 6 aromatic heterocycles. The van der Waals surface area contributed by atoms with Crippen molar-refractivity contribution in [3.63, 3.8) is 0 Å². The minimum Gasteiger partial charge on any atom is -0.455 e. The van der Waals surface area contributed by atoms with Gasteiger partial charge in [0.2, 0.25) is 0 Å². The molecule has 7 nitrogen and oxygen atoms in total. The van der Waals surface area contributed by atoms with Crippen LogP contribution in [-0.2, 0) is 0 Å². The largest absolute Gasteiger partial charge is 0.455 e. The molecule has 0 unspecified atom stereocenters. The first-order chi connectivity index (χ1) is 49.5. The number of aromatic nitrogens is 6. The van der Waals surface area contributed by atoms with Crippen molar-refractivity contribution in [3.8, 4) is 68.3 Å². The Bertz CT molecular complexity index is 6750. The summed E-state index contributed by atoms with van der Waals surface area (Å²) in [6, 6.07) is 108. The van der Waals surface area contributed by atoms with Gasteiger partial charge in [-0.2, -0.15) is 0 Å². The van der Waals surface area contributed by atoms with E-state index < -0.39 is 0 Å². The molecule has 0 aliphatic rings. The van der Waals surface area contributed by atoms with Crippen molar-refractivity contribution in [1.82, 2.24) is 29.9 Å². The molecule has 0 fully saturated rings. The lowest BCUT2D eigenvalue weighted by atomic mass is 9.94. The highest BCUT2D eigenvalue weighted by Gasteiger charge is 2.21. The van der Waals surface area contributed by atoms with E-state index in [1.54, 1.807) is 0 Å². The summed E-state index contributed by atoms with van der Waals surface area (Å²) in [5, 5.41) is 24.3. The van der Waals surface area contributed by atoms with Gasteiger partial charge in [-0.1, -0.05) is 224 Å². The van der Waals surface area contributed by atoms with Crippen LogP contribution in [0.5, 0.6) is 0 Å². The second-order valence-corrected chi connectivity index (χ2v) is 28.8. The van der Waals surface area contributed by atoms with Crippen molar-refractivity contribution in [2.75, 3.05) is 0 Å². The van der Waals surface area contributed by atoms with E-state index in [0.29, 0.717) is 34.9 Å². The third kappa shape index (κ3) is 9.22. The van der Waals surface area contributed by atoms with E-state index in [1.807, 2.05) is 82.5 Å². The zero-order chi connectivity index (χ0) is 65.5. The Labute approximate surface area is 582 Å². The van der Waals surface area contributed by atoms with Crippen LogP contribution in [0.2, 0.25) is 0 Å². The van der Waals surface area contributed by atoms with Gasteiger partial charge in [0, 0.05) is 121 Å². The number of benzene rings is 16. The Balaban J connectivity index is 0.000000131. The van der Waals surface area contributed by atoms with Crippen LogP contribution in [0, 0.1) is 0 Å². The molecule has 6 heterocycles. The van der Waals surface area contributed by atoms with Gasteiger partial charge in [-0.3, -0.25) is 0 Å². The van der Waals surface area contributed by atoms with Crippen LogP contribution in [0.15, 0.2) is 308 Å². The van der Waals surface area contributed by atoms with Gasteiger partial charge >= 0.3 is 0 Å². The van der Waals surface area contributed by atoms with Crippen LogP contribution in [-0.4, -0.2) is 29.9 Å². The molecule has 0 amide bonds. The van der Waals surface area contributed by atoms with Crippen LogP contribution in [0.3, 0.4) is 0 Å². The smallest absolute Gasteiger partial charge is 0.164 e. The van der Waals surface area contributed by atoms with Crippen LogP contribution >= 0.6 is 34.0 Å². The average Bonchev–Trinajstić information content (AvgIpc) is 1.40. The minimum absolute atomic E-state index is 0.642. The monoisotopic (exact) mass is 1330 g/mol. The van der Waals surface area contributed by atoms with Crippen LogP contribution in [0.1, 0.15) is 0 Å². The lowest BCUT2D eigenvalue weighted by molar-refractivity contribution is 0.673. The Morgan fingerprint density at radius 1 is 0.200 bits per heavy atom. The topological polar surface area (TPSA) is 90.5 Å². The van der Waals surface area contributed by atoms with Crippen molar-refractivity contribution in [2.24, 2.45) is 0 Å². The molecule has 16 aromatic carbocycles. The summed E-state index contributed by atoms with van der Waals surface area (Å²) in [6.45, 7) is 0. The summed E-state index contributed by atoms with van der Waals surface area (Å²) in [5.74, 6) is 3.95. The number of para-hydroxylation sites is 1. The molecule has 0 atom stereocenters. The van der Waals surface area contributed by atoms with Crippen molar-refractivity contribution in [3.05, 3.63) is 303 Å². The number of rotatable bonds is 6. The normalized spacial score (nSPS) is 12.0. The molecule has 0 aliphatic heterocycles. The van der Waals surface area contributed by atoms with Gasteiger partial charge in [0.1, 0.15) is 11.2 Å². The van der Waals surface area contributed by atoms with E-state index in [0.717, 1.165) is 82.3 Å². The molecular weight excluding hydrogens is 1280 g/mol. The fourth-order valence-corrected chi connectivity index (χ4v) is 18.4. The summed E-state index contributed by atoms with van der Waals surface area (Å²) < 4.78 is 14.3. The predicted molar refractivity (Wildman–Crippen MR) is 423 cm³/mol. The summed E-state index contributed by atoms with van der Waals surface area (Å²) in [5.41, 5.74) is 7.59. The van der Waals surface area contributed by atoms with Crippen molar-refractivity contribution < 1.29 is 4.42 Å². The molecule has 0 saturated heterocycles. The number of hydrogen-bond donors (Lipinski definition) is 0. The molecular formula is C90H50N6OS3. The molecule has 0 spiro atoms. The van der Waals surface area contributed by atoms with E-state index in [9.17, 15) is 0 Å². The summed E-state index contributed by atoms with van der Waals surface area (Å²) >= 11 is 5.52. The summed E-state index contributed by atoms with van der Waals surface area (Å²) in [6.07, 6.45) is 0. The van der Waals surface area contributed by atoms with Crippen molar-refractivity contribution >= 4 is 181 Å². The van der Waals surface area contributed by atoms with Crippen LogP contribution in [0.25, 0.3) is 215 Å². The highest BCUT2D eigenvalue weighted by Crippen LogP contribution is 2.46. The molecule has 464 valence electrons. The van der Waals surface area contributed by atoms with Gasteiger partial charge in [-0.05, 0) is 127 Å². The Hall–Kier alpha value is -12.4. The third-order valence-electron chi connectivity index (χ3n) is 19.8. The first kappa shape index (κ1) is 56.7. The van der Waals surface area contributed by atoms with Crippen LogP contribution < -0.4 is 0 Å². The zero-order valence-electron chi connectivity index (χ0n) is 53.2. The number of furan rings is 1. The highest BCUT2D eigenvalue weighted by atomic mass is 32.1. The average molecular weight is 1330 g/mol. The molecule has 0 N–H and O–H groups in total. The Morgan fingerprint density at radius 2 is 0.540 bits per heavy atom. The molecule has 100 heavy (non-hydrogen) atoms. The molecule has 22 aromatic rings. The van der Waals surface area contributed by atoms with E-state index in [-0.39, 0.29) is 0 Å². The number of thiophene rings is 3. The standard InChI is InChI=1S/C45H25N3OS.C45H25N3S2/c1-2-8-28(9-3-1)43-46-44(48-45(47-43)31-20-23-39-36(25-31)34-11-5-7-13-38(34)50-39)30-19-21-32-29(24-30)17-16-26-14-15-27-18-22-35-33-10-4-6-12-37(33)49-42(35)41(27)40(26)32;1-2-8-28(9-3-1)43-46-44(48-45(47-43)31-20-23-39-36(25-31)34-11-5-6-12-37(34)49-39)30-19-21-32-29(24-30)17-16-26-14-15-27-18-22-35-33-10-4-7-13-38(33)50-42(35)41(27)40(26)32/h2*1-25H. The SMILES string of the molecule is c1ccc(-c2nc(-c3ccc4c(ccc5ccc6ccc7c8ccccc8oc7c6c54)c3)nc(-c3ccc4sc5ccccc5c4c3)n2)cc1.c1ccc(-c2nc(-c3ccc4c(ccc5ccc6ccc7c8ccccc8sc7c6c54)c3)nc(-c3ccc4sc5ccccc5c4c3)n2)cc1. The Kier molecular flexibility index (Phi) is 12.8. The maximum Gasteiger partial charge on any atom is 0.164 e. The van der Waals surface area contributed by atoms with E-state index in [4.69, 9.17) is 34.3 Å². The maximum absolute atomic E-state index is 6.55. The fraction of sp³-hybridized carbons (Fsp3) is 0. The molecule has 22 rings (SSSR count). The lowest BCUT2D eigenvalue weighted by Crippen LogP contribution is -2.00. The van der Waals surface area contributed by atoms with Gasteiger partial charge < -0.3 is 4.42 Å². The molecule has 10 heteroatoms. The first-order valence-electron chi connectivity index (χ1n) is 33.4. The van der Waals surface area contributed by atoms with Crippen molar-refractivity contribution in [2.45, 2.75) is 0 Å². The second-order valence-electron chi connectivity index (χ2n) is 25.6. The minimum atomic E-state index is 0.642. The number of fused-ring (bicyclic) bond motifs is 24. The molecule has 0 saturated carbocycles. The highest BCUT2D eigenvalue weighted by molar-refractivity contribution is 7.27. The Morgan fingerprint density at radius 3 is 1.05 bits per heavy atom. The van der Waals surface area contributed by atoms with Gasteiger partial charge in [-0.15, -0.1) is 34.0 Å². The quantitative estimate of drug-likeness (QED) is 0.153. The zero-order valence-corrected chi connectivity index (χ0v) is 55.6. The van der Waals surface area contributed by atoms with E-state index in [2.05, 4.69) is 255 Å². The van der Waals surface area contributed by atoms with Gasteiger partial charge in [0.05, 0.1) is 0 Å². The number of nitrogens with zero attached hydrogens (tertiary/aromatic N) is 6. The van der Waals surface area contributed by atoms with Gasteiger partial charge in [0.25, 0.3) is 0 Å². The van der Waals surface area contributed by atoms with E-state index in [1.165, 1.54) is 98.2 Å². The van der Waals surface area contributed by atoms with Crippen LogP contribution in [0.4, 0.5) is 0 Å². The maximum atomic E-state index is 6.55. The second kappa shape index (κ2) is 22.6. The lowest BCUT2D eigenvalue weighted by Gasteiger charge is -2.12. The fourth-order valence-electron chi connectivity index (χ4n) is 15.0. The third-order valence-corrected chi connectivity index (χ3v) is 23.3. The molecule has 0 bridgehead atoms.